The largest absolute Gasteiger partial charge is 0.507 e. The lowest BCUT2D eigenvalue weighted by Crippen LogP contribution is -2.23. The first-order chi connectivity index (χ1) is 16.1. The van der Waals surface area contributed by atoms with Crippen LogP contribution in [0.5, 0.6) is 5.75 Å². The van der Waals surface area contributed by atoms with Crippen LogP contribution in [-0.4, -0.2) is 24.9 Å². The first kappa shape index (κ1) is 26.6. The molecular formula is C25H23ClF3NO4S. The van der Waals surface area contributed by atoms with Crippen molar-refractivity contribution < 1.29 is 31.5 Å². The molecule has 0 atom stereocenters. The number of sulfone groups is 1. The molecule has 0 aromatic heterocycles. The molecule has 0 aliphatic heterocycles. The normalized spacial score (nSPS) is 12.5. The Hall–Kier alpha value is -3.04. The number of anilines is 1. The van der Waals surface area contributed by atoms with Crippen molar-refractivity contribution in [3.8, 4) is 16.9 Å². The Morgan fingerprint density at radius 3 is 2.11 bits per heavy atom. The van der Waals surface area contributed by atoms with Gasteiger partial charge in [0, 0.05) is 5.56 Å². The number of aromatic hydroxyl groups is 1. The molecule has 10 heteroatoms. The van der Waals surface area contributed by atoms with Crippen LogP contribution in [0.2, 0.25) is 5.02 Å². The van der Waals surface area contributed by atoms with Crippen molar-refractivity contribution in [3.63, 3.8) is 0 Å². The van der Waals surface area contributed by atoms with Gasteiger partial charge in [0.05, 0.1) is 21.2 Å². The lowest BCUT2D eigenvalue weighted by molar-refractivity contribution is -0.0436. The van der Waals surface area contributed by atoms with Crippen LogP contribution >= 0.6 is 11.6 Å². The Kier molecular flexibility index (Phi) is 6.98. The maximum absolute atomic E-state index is 13.3. The van der Waals surface area contributed by atoms with Crippen LogP contribution < -0.4 is 5.32 Å². The molecule has 0 fully saturated rings. The first-order valence-corrected chi connectivity index (χ1v) is 12.3. The number of alkyl halides is 3. The number of rotatable bonds is 4. The summed E-state index contributed by atoms with van der Waals surface area (Å²) in [4.78, 5) is 12.2. The van der Waals surface area contributed by atoms with Crippen LogP contribution in [0.4, 0.5) is 18.9 Å². The van der Waals surface area contributed by atoms with E-state index in [1.165, 1.54) is 0 Å². The Morgan fingerprint density at radius 1 is 1.00 bits per heavy atom. The molecule has 2 N–H and O–H groups in total. The predicted octanol–water partition coefficient (Wildman–Crippen LogP) is 6.86. The summed E-state index contributed by atoms with van der Waals surface area (Å²) in [7, 11) is -5.61. The number of phenols is 1. The molecule has 0 aliphatic rings. The van der Waals surface area contributed by atoms with Gasteiger partial charge in [-0.1, -0.05) is 62.7 Å². The highest BCUT2D eigenvalue weighted by Gasteiger charge is 2.47. The van der Waals surface area contributed by atoms with E-state index in [1.54, 1.807) is 6.92 Å². The molecule has 0 bridgehead atoms. The molecule has 0 spiro atoms. The lowest BCUT2D eigenvalue weighted by Gasteiger charge is -2.25. The van der Waals surface area contributed by atoms with E-state index in [1.807, 2.05) is 57.2 Å². The van der Waals surface area contributed by atoms with Crippen molar-refractivity contribution in [3.05, 3.63) is 76.3 Å². The number of halogens is 4. The summed E-state index contributed by atoms with van der Waals surface area (Å²) in [6.45, 7) is 7.31. The zero-order chi connectivity index (χ0) is 26.3. The first-order valence-electron chi connectivity index (χ1n) is 10.4. The maximum atomic E-state index is 13.3. The number of carbonyl (C=O) groups is 1. The van der Waals surface area contributed by atoms with Gasteiger partial charge in [0.2, 0.25) is 0 Å². The van der Waals surface area contributed by atoms with Crippen LogP contribution in [-0.2, 0) is 15.3 Å². The Morgan fingerprint density at radius 2 is 1.60 bits per heavy atom. The number of amides is 1. The van der Waals surface area contributed by atoms with Crippen LogP contribution in [0.3, 0.4) is 0 Å². The highest BCUT2D eigenvalue weighted by atomic mass is 35.5. The van der Waals surface area contributed by atoms with E-state index in [0.29, 0.717) is 23.3 Å². The average molecular weight is 526 g/mol. The topological polar surface area (TPSA) is 83.5 Å². The van der Waals surface area contributed by atoms with Crippen LogP contribution in [0.25, 0.3) is 11.1 Å². The summed E-state index contributed by atoms with van der Waals surface area (Å²) in [5.41, 5.74) is -3.62. The third kappa shape index (κ3) is 5.16. The molecular weight excluding hydrogens is 503 g/mol. The quantitative estimate of drug-likeness (QED) is 0.389. The molecule has 0 saturated heterocycles. The van der Waals surface area contributed by atoms with E-state index in [9.17, 15) is 31.5 Å². The van der Waals surface area contributed by atoms with Crippen LogP contribution in [0.15, 0.2) is 59.5 Å². The van der Waals surface area contributed by atoms with Gasteiger partial charge in [0.1, 0.15) is 5.75 Å². The van der Waals surface area contributed by atoms with Crippen molar-refractivity contribution >= 4 is 33.0 Å². The van der Waals surface area contributed by atoms with Gasteiger partial charge in [-0.2, -0.15) is 13.2 Å². The highest BCUT2D eigenvalue weighted by Crippen LogP contribution is 2.41. The number of phenolic OH excluding ortho intramolecular Hbond substituents is 1. The van der Waals surface area contributed by atoms with Gasteiger partial charge in [-0.05, 0) is 53.3 Å². The molecule has 35 heavy (non-hydrogen) atoms. The molecule has 3 aromatic rings. The Bertz CT molecular complexity index is 1400. The maximum Gasteiger partial charge on any atom is 0.501 e. The third-order valence-corrected chi connectivity index (χ3v) is 7.28. The fourth-order valence-corrected chi connectivity index (χ4v) is 4.70. The van der Waals surface area contributed by atoms with Gasteiger partial charge in [0.15, 0.2) is 0 Å². The van der Waals surface area contributed by atoms with Crippen LogP contribution in [0, 0.1) is 6.92 Å². The lowest BCUT2D eigenvalue weighted by atomic mass is 9.81. The van der Waals surface area contributed by atoms with Gasteiger partial charge in [-0.25, -0.2) is 8.42 Å². The minimum absolute atomic E-state index is 0.0284. The minimum atomic E-state index is -5.61. The molecule has 0 saturated carbocycles. The number of nitrogens with one attached hydrogen (secondary N) is 1. The monoisotopic (exact) mass is 525 g/mol. The summed E-state index contributed by atoms with van der Waals surface area (Å²) in [5, 5.41) is 13.1. The molecule has 1 amide bonds. The number of hydrogen-bond donors (Lipinski definition) is 2. The van der Waals surface area contributed by atoms with Crippen molar-refractivity contribution in [1.29, 1.82) is 0 Å². The molecule has 0 aliphatic carbocycles. The highest BCUT2D eigenvalue weighted by molar-refractivity contribution is 7.92. The molecule has 3 rings (SSSR count). The van der Waals surface area contributed by atoms with Gasteiger partial charge >= 0.3 is 5.51 Å². The summed E-state index contributed by atoms with van der Waals surface area (Å²) >= 11 is 6.02. The summed E-state index contributed by atoms with van der Waals surface area (Å²) in [5.74, 6) is -0.990. The number of benzene rings is 3. The number of hydrogen-bond acceptors (Lipinski definition) is 4. The minimum Gasteiger partial charge on any atom is -0.507 e. The average Bonchev–Trinajstić information content (AvgIpc) is 2.74. The fourth-order valence-electron chi connectivity index (χ4n) is 3.62. The second kappa shape index (κ2) is 9.20. The standard InChI is InChI=1S/C25H23ClF3NO4S/c1-14-17(15-8-6-5-7-9-15)13-18(24(2,3)4)22(31)21(14)23(32)30-20-11-10-16(12-19(20)26)35(33,34)25(27,28)29/h5-13,31H,1-4H3,(H,30,32). The SMILES string of the molecule is Cc1c(-c2ccccc2)cc(C(C)(C)C)c(O)c1C(=O)Nc1ccc(S(=O)(=O)C(F)(F)F)cc1Cl. The predicted molar refractivity (Wildman–Crippen MR) is 130 cm³/mol. The van der Waals surface area contributed by atoms with E-state index in [0.717, 1.165) is 17.2 Å². The van der Waals surface area contributed by atoms with Crippen molar-refractivity contribution in [2.45, 2.75) is 43.5 Å². The molecule has 3 aromatic carbocycles. The van der Waals surface area contributed by atoms with Gasteiger partial charge in [0.25, 0.3) is 15.7 Å². The van der Waals surface area contributed by atoms with E-state index in [4.69, 9.17) is 11.6 Å². The number of carbonyl (C=O) groups excluding carboxylic acids is 1. The van der Waals surface area contributed by atoms with Gasteiger partial charge in [-0.3, -0.25) is 4.79 Å². The molecule has 0 heterocycles. The van der Waals surface area contributed by atoms with Crippen molar-refractivity contribution in [1.82, 2.24) is 0 Å². The zero-order valence-electron chi connectivity index (χ0n) is 19.3. The molecule has 5 nitrogen and oxygen atoms in total. The van der Waals surface area contributed by atoms with Crippen LogP contribution in [0.1, 0.15) is 42.3 Å². The molecule has 0 radical (unpaired) electrons. The smallest absolute Gasteiger partial charge is 0.501 e. The molecule has 186 valence electrons. The van der Waals surface area contributed by atoms with Crippen molar-refractivity contribution in [2.24, 2.45) is 0 Å². The Labute approximate surface area is 206 Å². The second-order valence-corrected chi connectivity index (χ2v) is 11.3. The summed E-state index contributed by atoms with van der Waals surface area (Å²) < 4.78 is 61.9. The summed E-state index contributed by atoms with van der Waals surface area (Å²) in [6.07, 6.45) is 0. The summed E-state index contributed by atoms with van der Waals surface area (Å²) in [6, 6.07) is 13.4. The van der Waals surface area contributed by atoms with E-state index < -0.39 is 36.6 Å². The zero-order valence-corrected chi connectivity index (χ0v) is 20.9. The second-order valence-electron chi connectivity index (χ2n) is 8.98. The third-order valence-electron chi connectivity index (χ3n) is 5.48. The fraction of sp³-hybridized carbons (Fsp3) is 0.240. The van der Waals surface area contributed by atoms with Gasteiger partial charge < -0.3 is 10.4 Å². The Balaban J connectivity index is 2.10. The van der Waals surface area contributed by atoms with Gasteiger partial charge in [-0.15, -0.1) is 0 Å². The van der Waals surface area contributed by atoms with E-state index in [-0.39, 0.29) is 17.0 Å². The van der Waals surface area contributed by atoms with E-state index in [2.05, 4.69) is 5.32 Å². The van der Waals surface area contributed by atoms with Crippen molar-refractivity contribution in [2.75, 3.05) is 5.32 Å². The van der Waals surface area contributed by atoms with E-state index >= 15 is 0 Å². The molecule has 0 unspecified atom stereocenters.